The Bertz CT molecular complexity index is 910. The summed E-state index contributed by atoms with van der Waals surface area (Å²) in [5, 5.41) is 0. The summed E-state index contributed by atoms with van der Waals surface area (Å²) in [6, 6.07) is 22.4. The molecule has 0 saturated heterocycles. The molecule has 0 spiro atoms. The number of hydrogen-bond acceptors (Lipinski definition) is 2. The van der Waals surface area contributed by atoms with E-state index in [1.54, 1.807) is 0 Å². The molecule has 0 fully saturated rings. The van der Waals surface area contributed by atoms with Crippen LogP contribution in [0.1, 0.15) is 33.9 Å². The molecule has 0 amide bonds. The number of esters is 1. The number of hydrogen-bond donors (Lipinski definition) is 0. The van der Waals surface area contributed by atoms with Crippen molar-refractivity contribution in [3.05, 3.63) is 94.5 Å². The van der Waals surface area contributed by atoms with Crippen molar-refractivity contribution in [3.63, 3.8) is 0 Å². The molecule has 3 aromatic carbocycles. The molecule has 0 heterocycles. The summed E-state index contributed by atoms with van der Waals surface area (Å²) in [6.45, 7) is 4.14. The van der Waals surface area contributed by atoms with Crippen LogP contribution in [0.25, 0.3) is 11.1 Å². The summed E-state index contributed by atoms with van der Waals surface area (Å²) in [6.07, 6.45) is -0.0199. The van der Waals surface area contributed by atoms with Crippen LogP contribution in [0.3, 0.4) is 0 Å². The average Bonchev–Trinajstić information content (AvgIpc) is 2.93. The highest BCUT2D eigenvalue weighted by molar-refractivity contribution is 5.80. The highest BCUT2D eigenvalue weighted by Gasteiger charge is 2.30. The first-order chi connectivity index (χ1) is 12.1. The van der Waals surface area contributed by atoms with Gasteiger partial charge in [-0.3, -0.25) is 4.79 Å². The number of carbonyl (C=O) groups is 1. The van der Waals surface area contributed by atoms with E-state index in [9.17, 15) is 4.79 Å². The molecule has 25 heavy (non-hydrogen) atoms. The standard InChI is InChI=1S/C23H20O2/c1-15-11-12-17(13-16(15)2)14-22(24)25-23-20-9-5-3-7-18(20)19-8-4-6-10-21(19)23/h3-13,23H,14H2,1-2H3. The lowest BCUT2D eigenvalue weighted by Gasteiger charge is -2.15. The zero-order valence-corrected chi connectivity index (χ0v) is 14.5. The predicted molar refractivity (Wildman–Crippen MR) is 99.4 cm³/mol. The van der Waals surface area contributed by atoms with Crippen molar-refractivity contribution in [1.82, 2.24) is 0 Å². The number of fused-ring (bicyclic) bond motifs is 3. The van der Waals surface area contributed by atoms with E-state index in [0.717, 1.165) is 27.8 Å². The Morgan fingerprint density at radius 1 is 0.840 bits per heavy atom. The van der Waals surface area contributed by atoms with Gasteiger partial charge < -0.3 is 4.74 Å². The first kappa shape index (κ1) is 15.6. The second kappa shape index (κ2) is 6.21. The van der Waals surface area contributed by atoms with Gasteiger partial charge in [-0.15, -0.1) is 0 Å². The van der Waals surface area contributed by atoms with Crippen LogP contribution in [0.2, 0.25) is 0 Å². The van der Waals surface area contributed by atoms with Crippen LogP contribution in [0.4, 0.5) is 0 Å². The highest BCUT2D eigenvalue weighted by atomic mass is 16.5. The van der Waals surface area contributed by atoms with Crippen molar-refractivity contribution in [1.29, 1.82) is 0 Å². The van der Waals surface area contributed by atoms with Crippen LogP contribution in [0.15, 0.2) is 66.7 Å². The Morgan fingerprint density at radius 3 is 2.04 bits per heavy atom. The Kier molecular flexibility index (Phi) is 3.89. The van der Waals surface area contributed by atoms with E-state index in [1.807, 2.05) is 42.5 Å². The van der Waals surface area contributed by atoms with Crippen LogP contribution >= 0.6 is 0 Å². The van der Waals surface area contributed by atoms with E-state index >= 15 is 0 Å². The monoisotopic (exact) mass is 328 g/mol. The van der Waals surface area contributed by atoms with E-state index < -0.39 is 0 Å². The van der Waals surface area contributed by atoms with Gasteiger partial charge in [0.25, 0.3) is 0 Å². The molecular weight excluding hydrogens is 308 g/mol. The summed E-state index contributed by atoms with van der Waals surface area (Å²) in [5.41, 5.74) is 7.86. The van der Waals surface area contributed by atoms with Gasteiger partial charge in [-0.2, -0.15) is 0 Å². The smallest absolute Gasteiger partial charge is 0.311 e. The van der Waals surface area contributed by atoms with E-state index in [2.05, 4.69) is 38.1 Å². The summed E-state index contributed by atoms with van der Waals surface area (Å²) in [5.74, 6) is -0.195. The Labute approximate surface area is 148 Å². The molecule has 1 aliphatic rings. The van der Waals surface area contributed by atoms with Gasteiger partial charge in [-0.25, -0.2) is 0 Å². The van der Waals surface area contributed by atoms with Crippen molar-refractivity contribution in [2.24, 2.45) is 0 Å². The molecule has 1 aliphatic carbocycles. The third kappa shape index (κ3) is 2.85. The number of carbonyl (C=O) groups excluding carboxylic acids is 1. The lowest BCUT2D eigenvalue weighted by atomic mass is 10.0. The number of rotatable bonds is 3. The van der Waals surface area contributed by atoms with Crippen LogP contribution < -0.4 is 0 Å². The molecule has 4 rings (SSSR count). The maximum atomic E-state index is 12.6. The largest absolute Gasteiger partial charge is 0.452 e. The van der Waals surface area contributed by atoms with Gasteiger partial charge in [0.15, 0.2) is 6.10 Å². The van der Waals surface area contributed by atoms with Crippen LogP contribution in [0, 0.1) is 13.8 Å². The third-order valence-electron chi connectivity index (χ3n) is 4.95. The molecule has 0 N–H and O–H groups in total. The van der Waals surface area contributed by atoms with Gasteiger partial charge in [0.05, 0.1) is 6.42 Å². The topological polar surface area (TPSA) is 26.3 Å². The summed E-state index contributed by atoms with van der Waals surface area (Å²) < 4.78 is 5.90. The minimum absolute atomic E-state index is 0.195. The fourth-order valence-electron chi connectivity index (χ4n) is 3.49. The average molecular weight is 328 g/mol. The van der Waals surface area contributed by atoms with E-state index in [4.69, 9.17) is 4.74 Å². The molecule has 2 nitrogen and oxygen atoms in total. The van der Waals surface area contributed by atoms with Gasteiger partial charge in [-0.1, -0.05) is 66.7 Å². The number of benzene rings is 3. The van der Waals surface area contributed by atoms with Crippen molar-refractivity contribution in [3.8, 4) is 11.1 Å². The molecule has 0 aromatic heterocycles. The Balaban J connectivity index is 1.60. The van der Waals surface area contributed by atoms with E-state index in [1.165, 1.54) is 11.1 Å². The van der Waals surface area contributed by atoms with Gasteiger partial charge in [0.1, 0.15) is 0 Å². The molecule has 3 aromatic rings. The van der Waals surface area contributed by atoms with Crippen molar-refractivity contribution in [2.75, 3.05) is 0 Å². The van der Waals surface area contributed by atoms with Crippen LogP contribution in [-0.4, -0.2) is 5.97 Å². The number of aryl methyl sites for hydroxylation is 2. The van der Waals surface area contributed by atoms with Gasteiger partial charge in [-0.05, 0) is 41.7 Å². The van der Waals surface area contributed by atoms with Crippen LogP contribution in [-0.2, 0) is 16.0 Å². The maximum absolute atomic E-state index is 12.6. The molecule has 0 bridgehead atoms. The first-order valence-corrected chi connectivity index (χ1v) is 8.57. The SMILES string of the molecule is Cc1ccc(CC(=O)OC2c3ccccc3-c3ccccc32)cc1C. The third-order valence-corrected chi connectivity index (χ3v) is 4.95. The maximum Gasteiger partial charge on any atom is 0.311 e. The Morgan fingerprint density at radius 2 is 1.44 bits per heavy atom. The first-order valence-electron chi connectivity index (χ1n) is 8.57. The molecule has 124 valence electrons. The van der Waals surface area contributed by atoms with Crippen molar-refractivity contribution < 1.29 is 9.53 Å². The molecule has 0 radical (unpaired) electrons. The van der Waals surface area contributed by atoms with E-state index in [-0.39, 0.29) is 12.1 Å². The minimum atomic E-state index is -0.313. The fourth-order valence-corrected chi connectivity index (χ4v) is 3.49. The van der Waals surface area contributed by atoms with Gasteiger partial charge in [0, 0.05) is 11.1 Å². The highest BCUT2D eigenvalue weighted by Crippen LogP contribution is 2.45. The molecule has 2 heteroatoms. The van der Waals surface area contributed by atoms with Crippen LogP contribution in [0.5, 0.6) is 0 Å². The predicted octanol–water partition coefficient (Wildman–Crippen LogP) is 5.16. The summed E-state index contributed by atoms with van der Waals surface area (Å²) >= 11 is 0. The molecule has 0 saturated carbocycles. The van der Waals surface area contributed by atoms with E-state index in [0.29, 0.717) is 6.42 Å². The van der Waals surface area contributed by atoms with Gasteiger partial charge >= 0.3 is 5.97 Å². The summed E-state index contributed by atoms with van der Waals surface area (Å²) in [4.78, 5) is 12.6. The Hall–Kier alpha value is -2.87. The molecule has 0 aliphatic heterocycles. The van der Waals surface area contributed by atoms with Crippen molar-refractivity contribution >= 4 is 5.97 Å². The van der Waals surface area contributed by atoms with Gasteiger partial charge in [0.2, 0.25) is 0 Å². The zero-order chi connectivity index (χ0) is 17.4. The summed E-state index contributed by atoms with van der Waals surface area (Å²) in [7, 11) is 0. The van der Waals surface area contributed by atoms with Crippen molar-refractivity contribution in [2.45, 2.75) is 26.4 Å². The lowest BCUT2D eigenvalue weighted by molar-refractivity contribution is -0.146. The molecule has 0 unspecified atom stereocenters. The fraction of sp³-hybridized carbons (Fsp3) is 0.174. The second-order valence-corrected chi connectivity index (χ2v) is 6.64. The lowest BCUT2D eigenvalue weighted by Crippen LogP contribution is -2.13. The molecular formula is C23H20O2. The second-order valence-electron chi connectivity index (χ2n) is 6.64. The zero-order valence-electron chi connectivity index (χ0n) is 14.5. The quantitative estimate of drug-likeness (QED) is 0.621. The molecule has 0 atom stereocenters. The number of ether oxygens (including phenoxy) is 1. The normalized spacial score (nSPS) is 12.6. The minimum Gasteiger partial charge on any atom is -0.452 e.